The summed E-state index contributed by atoms with van der Waals surface area (Å²) in [6, 6.07) is 13.5. The van der Waals surface area contributed by atoms with E-state index in [-0.39, 0.29) is 0 Å². The molecule has 2 aromatic carbocycles. The molecule has 3 rings (SSSR count). The molecule has 0 spiro atoms. The summed E-state index contributed by atoms with van der Waals surface area (Å²) in [4.78, 5) is 0. The molecule has 1 N–H and O–H groups in total. The quantitative estimate of drug-likeness (QED) is 0.933. The SMILES string of the molecule is CC(O)(Cc1cc(Cl)cc2c1OCC2)c1ccccc1. The number of fused-ring (bicyclic) bond motifs is 1. The molecule has 0 fully saturated rings. The predicted octanol–water partition coefficient (Wildman–Crippen LogP) is 3.73. The van der Waals surface area contributed by atoms with Crippen LogP contribution in [0, 0.1) is 0 Å². The number of ether oxygens (including phenoxy) is 1. The number of halogens is 1. The zero-order valence-corrected chi connectivity index (χ0v) is 12.2. The van der Waals surface area contributed by atoms with Gasteiger partial charge in [0, 0.05) is 17.9 Å². The molecule has 3 heteroatoms. The average molecular weight is 289 g/mol. The molecule has 1 heterocycles. The first kappa shape index (κ1) is 13.5. The van der Waals surface area contributed by atoms with Crippen molar-refractivity contribution in [2.24, 2.45) is 0 Å². The normalized spacial score (nSPS) is 16.4. The van der Waals surface area contributed by atoms with Crippen molar-refractivity contribution in [3.05, 3.63) is 64.2 Å². The van der Waals surface area contributed by atoms with Crippen LogP contribution in [0.4, 0.5) is 0 Å². The van der Waals surface area contributed by atoms with Gasteiger partial charge in [0.15, 0.2) is 0 Å². The molecule has 2 nitrogen and oxygen atoms in total. The molecule has 0 aliphatic carbocycles. The van der Waals surface area contributed by atoms with Gasteiger partial charge in [0.2, 0.25) is 0 Å². The molecule has 0 radical (unpaired) electrons. The maximum Gasteiger partial charge on any atom is 0.126 e. The van der Waals surface area contributed by atoms with Gasteiger partial charge in [-0.25, -0.2) is 0 Å². The maximum atomic E-state index is 10.8. The van der Waals surface area contributed by atoms with E-state index in [2.05, 4.69) is 0 Å². The molecule has 0 amide bonds. The van der Waals surface area contributed by atoms with Crippen LogP contribution in [0.1, 0.15) is 23.6 Å². The number of hydrogen-bond donors (Lipinski definition) is 1. The van der Waals surface area contributed by atoms with E-state index in [4.69, 9.17) is 16.3 Å². The Morgan fingerprint density at radius 2 is 2.00 bits per heavy atom. The molecule has 0 bridgehead atoms. The van der Waals surface area contributed by atoms with Gasteiger partial charge in [-0.3, -0.25) is 0 Å². The highest BCUT2D eigenvalue weighted by Crippen LogP contribution is 2.36. The third kappa shape index (κ3) is 2.54. The van der Waals surface area contributed by atoms with Crippen LogP contribution < -0.4 is 4.74 Å². The summed E-state index contributed by atoms with van der Waals surface area (Å²) in [6.45, 7) is 2.51. The first-order valence-electron chi connectivity index (χ1n) is 6.78. The number of rotatable bonds is 3. The van der Waals surface area contributed by atoms with Gasteiger partial charge in [-0.1, -0.05) is 41.9 Å². The molecule has 1 aliphatic heterocycles. The lowest BCUT2D eigenvalue weighted by molar-refractivity contribution is 0.0569. The molecular formula is C17H17ClO2. The van der Waals surface area contributed by atoms with Crippen LogP contribution in [0.2, 0.25) is 5.02 Å². The van der Waals surface area contributed by atoms with E-state index in [1.165, 1.54) is 0 Å². The van der Waals surface area contributed by atoms with Crippen LogP contribution >= 0.6 is 11.6 Å². The molecule has 104 valence electrons. The van der Waals surface area contributed by atoms with Crippen LogP contribution in [-0.4, -0.2) is 11.7 Å². The number of hydrogen-bond acceptors (Lipinski definition) is 2. The Kier molecular flexibility index (Phi) is 3.45. The lowest BCUT2D eigenvalue weighted by Crippen LogP contribution is -2.24. The van der Waals surface area contributed by atoms with Crippen molar-refractivity contribution < 1.29 is 9.84 Å². The topological polar surface area (TPSA) is 29.5 Å². The lowest BCUT2D eigenvalue weighted by Gasteiger charge is -2.25. The smallest absolute Gasteiger partial charge is 0.126 e. The zero-order valence-electron chi connectivity index (χ0n) is 11.4. The Morgan fingerprint density at radius 3 is 2.75 bits per heavy atom. The van der Waals surface area contributed by atoms with E-state index in [1.54, 1.807) is 0 Å². The molecule has 20 heavy (non-hydrogen) atoms. The lowest BCUT2D eigenvalue weighted by atomic mass is 9.88. The summed E-state index contributed by atoms with van der Waals surface area (Å²) < 4.78 is 5.70. The summed E-state index contributed by atoms with van der Waals surface area (Å²) in [6.07, 6.45) is 1.37. The van der Waals surface area contributed by atoms with Gasteiger partial charge in [0.1, 0.15) is 5.75 Å². The second kappa shape index (κ2) is 5.12. The van der Waals surface area contributed by atoms with Crippen LogP contribution in [0.5, 0.6) is 5.75 Å². The van der Waals surface area contributed by atoms with Crippen LogP contribution in [0.15, 0.2) is 42.5 Å². The van der Waals surface area contributed by atoms with Crippen molar-refractivity contribution in [1.82, 2.24) is 0 Å². The van der Waals surface area contributed by atoms with E-state index < -0.39 is 5.60 Å². The standard InChI is InChI=1S/C17H17ClO2/c1-17(19,14-5-3-2-4-6-14)11-13-10-15(18)9-12-7-8-20-16(12)13/h2-6,9-10,19H,7-8,11H2,1H3. The second-order valence-corrected chi connectivity index (χ2v) is 5.90. The second-order valence-electron chi connectivity index (χ2n) is 5.47. The van der Waals surface area contributed by atoms with E-state index in [9.17, 15) is 5.11 Å². The van der Waals surface area contributed by atoms with Crippen molar-refractivity contribution in [2.75, 3.05) is 6.61 Å². The minimum absolute atomic E-state index is 0.486. The monoisotopic (exact) mass is 288 g/mol. The summed E-state index contributed by atoms with van der Waals surface area (Å²) in [7, 11) is 0. The summed E-state index contributed by atoms with van der Waals surface area (Å²) >= 11 is 6.17. The van der Waals surface area contributed by atoms with Crippen molar-refractivity contribution in [2.45, 2.75) is 25.4 Å². The van der Waals surface area contributed by atoms with Crippen molar-refractivity contribution in [3.63, 3.8) is 0 Å². The molecule has 0 saturated heterocycles. The number of aliphatic hydroxyl groups is 1. The third-order valence-corrected chi connectivity index (χ3v) is 3.97. The van der Waals surface area contributed by atoms with Crippen molar-refractivity contribution in [1.29, 1.82) is 0 Å². The third-order valence-electron chi connectivity index (χ3n) is 3.76. The van der Waals surface area contributed by atoms with Crippen LogP contribution in [0.3, 0.4) is 0 Å². The van der Waals surface area contributed by atoms with Crippen LogP contribution in [0.25, 0.3) is 0 Å². The molecule has 0 aromatic heterocycles. The summed E-state index contributed by atoms with van der Waals surface area (Å²) in [5, 5.41) is 11.5. The van der Waals surface area contributed by atoms with E-state index in [0.717, 1.165) is 28.9 Å². The Labute approximate surface area is 124 Å². The summed E-state index contributed by atoms with van der Waals surface area (Å²) in [5.74, 6) is 0.894. The molecule has 0 saturated carbocycles. The van der Waals surface area contributed by atoms with Crippen molar-refractivity contribution >= 4 is 11.6 Å². The Balaban J connectivity index is 1.96. The molecule has 2 aromatic rings. The number of benzene rings is 2. The van der Waals surface area contributed by atoms with Gasteiger partial charge in [-0.2, -0.15) is 0 Å². The Bertz CT molecular complexity index is 620. The van der Waals surface area contributed by atoms with Crippen molar-refractivity contribution in [3.8, 4) is 5.75 Å². The first-order chi connectivity index (χ1) is 9.56. The molecule has 1 atom stereocenters. The largest absolute Gasteiger partial charge is 0.493 e. The van der Waals surface area contributed by atoms with Gasteiger partial charge in [-0.05, 0) is 35.7 Å². The minimum Gasteiger partial charge on any atom is -0.493 e. The minimum atomic E-state index is -0.939. The van der Waals surface area contributed by atoms with Gasteiger partial charge in [0.05, 0.1) is 12.2 Å². The first-order valence-corrected chi connectivity index (χ1v) is 7.16. The highest BCUT2D eigenvalue weighted by atomic mass is 35.5. The molecule has 1 unspecified atom stereocenters. The van der Waals surface area contributed by atoms with E-state index in [0.29, 0.717) is 18.1 Å². The van der Waals surface area contributed by atoms with Gasteiger partial charge < -0.3 is 9.84 Å². The fraction of sp³-hybridized carbons (Fsp3) is 0.294. The molecule has 1 aliphatic rings. The zero-order chi connectivity index (χ0) is 14.2. The van der Waals surface area contributed by atoms with Gasteiger partial charge in [-0.15, -0.1) is 0 Å². The van der Waals surface area contributed by atoms with Gasteiger partial charge >= 0.3 is 0 Å². The maximum absolute atomic E-state index is 10.8. The fourth-order valence-corrected chi connectivity index (χ4v) is 3.01. The Morgan fingerprint density at radius 1 is 1.25 bits per heavy atom. The van der Waals surface area contributed by atoms with Crippen LogP contribution in [-0.2, 0) is 18.4 Å². The van der Waals surface area contributed by atoms with E-state index >= 15 is 0 Å². The van der Waals surface area contributed by atoms with Gasteiger partial charge in [0.25, 0.3) is 0 Å². The highest BCUT2D eigenvalue weighted by molar-refractivity contribution is 6.30. The fourth-order valence-electron chi connectivity index (χ4n) is 2.75. The van der Waals surface area contributed by atoms with E-state index in [1.807, 2.05) is 49.4 Å². The average Bonchev–Trinajstić information content (AvgIpc) is 2.87. The molecular weight excluding hydrogens is 272 g/mol. The highest BCUT2D eigenvalue weighted by Gasteiger charge is 2.27. The predicted molar refractivity (Wildman–Crippen MR) is 80.4 cm³/mol. The Hall–Kier alpha value is -1.51. The summed E-state index contributed by atoms with van der Waals surface area (Å²) in [5.41, 5.74) is 2.06.